The zero-order valence-electron chi connectivity index (χ0n) is 23.9. The predicted octanol–water partition coefficient (Wildman–Crippen LogP) is 5.90. The fourth-order valence-electron chi connectivity index (χ4n) is 5.57. The molecule has 0 radical (unpaired) electrons. The van der Waals surface area contributed by atoms with Crippen molar-refractivity contribution in [3.63, 3.8) is 0 Å². The summed E-state index contributed by atoms with van der Waals surface area (Å²) in [4.78, 5) is 31.0. The number of benzene rings is 5. The summed E-state index contributed by atoms with van der Waals surface area (Å²) in [5, 5.41) is 8.46. The maximum absolute atomic E-state index is 13.8. The van der Waals surface area contributed by atoms with E-state index in [2.05, 4.69) is 15.6 Å². The van der Waals surface area contributed by atoms with Gasteiger partial charge in [-0.25, -0.2) is 0 Å². The second kappa shape index (κ2) is 11.6. The molecule has 0 amide bonds. The van der Waals surface area contributed by atoms with Crippen molar-refractivity contribution in [2.24, 2.45) is 0 Å². The van der Waals surface area contributed by atoms with Gasteiger partial charge in [0.15, 0.2) is 33.5 Å². The molecule has 8 nitrogen and oxygen atoms in total. The standard InChI is InChI=1S/C34H33N3O5/c1-20-8-6-11-26-31(20)37-32-28(42-26)19-24(29-30(32)34(39)23-10-5-4-9-22(23)33(29)38)36-16-7-15-35-17-14-21-12-13-25(40-2)27(18-21)41-3/h4-6,8-13,18-19,35-37H,7,14-17H2,1-3H3. The number of ether oxygens (including phenoxy) is 2. The number of fused-ring (bicyclic) bond motifs is 5. The van der Waals surface area contributed by atoms with Crippen LogP contribution in [0.15, 0.2) is 80.7 Å². The first-order valence-electron chi connectivity index (χ1n) is 14.1. The van der Waals surface area contributed by atoms with Gasteiger partial charge in [-0.1, -0.05) is 42.5 Å². The van der Waals surface area contributed by atoms with Crippen LogP contribution in [0.5, 0.6) is 11.5 Å². The molecule has 0 saturated heterocycles. The van der Waals surface area contributed by atoms with Crippen LogP contribution in [0.4, 0.5) is 5.69 Å². The summed E-state index contributed by atoms with van der Waals surface area (Å²) in [7, 11) is 3.26. The number of aromatic nitrogens is 1. The van der Waals surface area contributed by atoms with Gasteiger partial charge < -0.3 is 29.5 Å². The second-order valence-corrected chi connectivity index (χ2v) is 10.4. The molecule has 214 valence electrons. The Bertz CT molecular complexity index is 2060. The Morgan fingerprint density at radius 1 is 0.762 bits per heavy atom. The topological polar surface area (TPSA) is 106 Å². The molecule has 1 aromatic heterocycles. The highest BCUT2D eigenvalue weighted by Crippen LogP contribution is 2.32. The summed E-state index contributed by atoms with van der Waals surface area (Å²) < 4.78 is 17.0. The largest absolute Gasteiger partial charge is 0.493 e. The molecule has 0 saturated carbocycles. The van der Waals surface area contributed by atoms with Gasteiger partial charge in [0.2, 0.25) is 0 Å². The Balaban J connectivity index is 1.25. The molecule has 5 aromatic carbocycles. The van der Waals surface area contributed by atoms with E-state index >= 15 is 0 Å². The number of nitrogens with one attached hydrogen (secondary N) is 3. The van der Waals surface area contributed by atoms with E-state index in [0.29, 0.717) is 56.2 Å². The van der Waals surface area contributed by atoms with Crippen LogP contribution in [-0.2, 0) is 6.42 Å². The Kier molecular flexibility index (Phi) is 7.54. The molecule has 0 aliphatic heterocycles. The number of anilines is 1. The second-order valence-electron chi connectivity index (χ2n) is 10.4. The Hall–Kier alpha value is -4.82. The highest BCUT2D eigenvalue weighted by atomic mass is 16.5. The van der Waals surface area contributed by atoms with E-state index in [1.165, 1.54) is 0 Å². The lowest BCUT2D eigenvalue weighted by molar-refractivity contribution is 0.354. The average molecular weight is 564 g/mol. The molecular formula is C34H33N3O5. The number of methoxy groups -OCH3 is 2. The number of H-pyrrole nitrogens is 1. The SMILES string of the molecule is COc1ccc(CCNCCCNc2cc3oc4cccc(C)c4[nH]c3c3c(=O)c4ccccc4c(=O)c23)cc1OC. The van der Waals surface area contributed by atoms with Gasteiger partial charge in [-0.2, -0.15) is 0 Å². The summed E-state index contributed by atoms with van der Waals surface area (Å²) in [5.74, 6) is 1.44. The molecule has 6 aromatic rings. The highest BCUT2D eigenvalue weighted by molar-refractivity contribution is 6.14. The van der Waals surface area contributed by atoms with E-state index < -0.39 is 0 Å². The Morgan fingerprint density at radius 3 is 2.29 bits per heavy atom. The summed E-state index contributed by atoms with van der Waals surface area (Å²) in [6.07, 6.45) is 1.67. The van der Waals surface area contributed by atoms with Gasteiger partial charge in [-0.05, 0) is 62.2 Å². The molecule has 0 aliphatic rings. The van der Waals surface area contributed by atoms with Crippen LogP contribution in [-0.4, -0.2) is 38.8 Å². The first-order valence-corrected chi connectivity index (χ1v) is 14.1. The maximum Gasteiger partial charge on any atom is 0.196 e. The lowest BCUT2D eigenvalue weighted by Gasteiger charge is -2.14. The third-order valence-electron chi connectivity index (χ3n) is 7.75. The van der Waals surface area contributed by atoms with E-state index in [1.54, 1.807) is 38.5 Å². The average Bonchev–Trinajstić information content (AvgIpc) is 3.02. The van der Waals surface area contributed by atoms with Crippen LogP contribution >= 0.6 is 0 Å². The Morgan fingerprint density at radius 2 is 1.52 bits per heavy atom. The van der Waals surface area contributed by atoms with E-state index in [-0.39, 0.29) is 10.9 Å². The molecule has 0 bridgehead atoms. The highest BCUT2D eigenvalue weighted by Gasteiger charge is 2.19. The van der Waals surface area contributed by atoms with E-state index in [9.17, 15) is 9.59 Å². The van der Waals surface area contributed by atoms with Crippen molar-refractivity contribution in [2.75, 3.05) is 39.2 Å². The third kappa shape index (κ3) is 4.94. The zero-order valence-corrected chi connectivity index (χ0v) is 23.9. The predicted molar refractivity (Wildman–Crippen MR) is 170 cm³/mol. The van der Waals surface area contributed by atoms with E-state index in [0.717, 1.165) is 48.3 Å². The number of aryl methyl sites for hydroxylation is 1. The van der Waals surface area contributed by atoms with Crippen LogP contribution in [0.2, 0.25) is 0 Å². The molecule has 0 aliphatic carbocycles. The molecule has 6 rings (SSSR count). The molecule has 0 spiro atoms. The quantitative estimate of drug-likeness (QED) is 0.108. The van der Waals surface area contributed by atoms with Crippen molar-refractivity contribution in [2.45, 2.75) is 19.8 Å². The van der Waals surface area contributed by atoms with Crippen LogP contribution in [0.3, 0.4) is 0 Å². The molecule has 0 unspecified atom stereocenters. The van der Waals surface area contributed by atoms with Crippen molar-refractivity contribution in [3.8, 4) is 11.5 Å². The molecule has 8 heteroatoms. The van der Waals surface area contributed by atoms with Crippen LogP contribution in [0.1, 0.15) is 17.5 Å². The minimum atomic E-state index is -0.190. The molecule has 1 heterocycles. The lowest BCUT2D eigenvalue weighted by Crippen LogP contribution is -2.21. The van der Waals surface area contributed by atoms with Gasteiger partial charge >= 0.3 is 0 Å². The monoisotopic (exact) mass is 563 g/mol. The van der Waals surface area contributed by atoms with Crippen molar-refractivity contribution >= 4 is 49.4 Å². The van der Waals surface area contributed by atoms with Crippen LogP contribution in [0, 0.1) is 6.92 Å². The maximum atomic E-state index is 13.8. The first-order chi connectivity index (χ1) is 20.5. The minimum Gasteiger partial charge on any atom is -0.493 e. The summed E-state index contributed by atoms with van der Waals surface area (Å²) in [6.45, 7) is 4.19. The molecule has 0 atom stereocenters. The fourth-order valence-corrected chi connectivity index (χ4v) is 5.57. The Labute approximate surface area is 242 Å². The number of hydrogen-bond acceptors (Lipinski definition) is 7. The van der Waals surface area contributed by atoms with Crippen molar-refractivity contribution in [1.29, 1.82) is 0 Å². The van der Waals surface area contributed by atoms with Crippen LogP contribution in [0.25, 0.3) is 43.7 Å². The lowest BCUT2D eigenvalue weighted by atomic mass is 9.99. The summed E-state index contributed by atoms with van der Waals surface area (Å²) in [5.41, 5.74) is 4.91. The van der Waals surface area contributed by atoms with Gasteiger partial charge in [0.05, 0.1) is 36.0 Å². The van der Waals surface area contributed by atoms with Crippen LogP contribution < -0.4 is 31.0 Å². The van der Waals surface area contributed by atoms with E-state index in [1.807, 2.05) is 49.4 Å². The summed E-state index contributed by atoms with van der Waals surface area (Å²) >= 11 is 0. The molecule has 42 heavy (non-hydrogen) atoms. The summed E-state index contributed by atoms with van der Waals surface area (Å²) in [6, 6.07) is 20.6. The van der Waals surface area contributed by atoms with Gasteiger partial charge in [-0.15, -0.1) is 0 Å². The smallest absolute Gasteiger partial charge is 0.196 e. The third-order valence-corrected chi connectivity index (χ3v) is 7.75. The fraction of sp³-hybridized carbons (Fsp3) is 0.235. The van der Waals surface area contributed by atoms with E-state index in [4.69, 9.17) is 13.9 Å². The minimum absolute atomic E-state index is 0.170. The first kappa shape index (κ1) is 27.4. The van der Waals surface area contributed by atoms with Gasteiger partial charge in [0.25, 0.3) is 0 Å². The van der Waals surface area contributed by atoms with Gasteiger partial charge in [-0.3, -0.25) is 9.59 Å². The molecule has 3 N–H and O–H groups in total. The zero-order chi connectivity index (χ0) is 29.2. The van der Waals surface area contributed by atoms with Gasteiger partial charge in [0, 0.05) is 29.1 Å². The number of rotatable bonds is 10. The van der Waals surface area contributed by atoms with Crippen molar-refractivity contribution in [3.05, 3.63) is 98.3 Å². The van der Waals surface area contributed by atoms with Gasteiger partial charge in [0.1, 0.15) is 0 Å². The normalized spacial score (nSPS) is 11.5. The number of hydrogen-bond donors (Lipinski definition) is 3. The van der Waals surface area contributed by atoms with Crippen molar-refractivity contribution in [1.82, 2.24) is 10.3 Å². The van der Waals surface area contributed by atoms with Crippen molar-refractivity contribution < 1.29 is 13.9 Å². The number of aromatic amines is 1. The molecule has 0 fully saturated rings. The number of para-hydroxylation sites is 1. The molecular weight excluding hydrogens is 530 g/mol.